The third-order valence-corrected chi connectivity index (χ3v) is 6.72. The van der Waals surface area contributed by atoms with Crippen molar-refractivity contribution in [1.82, 2.24) is 20.9 Å². The maximum absolute atomic E-state index is 13.8. The maximum Gasteiger partial charge on any atom is 0.247 e. The molecule has 3 N–H and O–H groups in total. The minimum Gasteiger partial charge on any atom is -0.488 e. The highest BCUT2D eigenvalue weighted by Crippen LogP contribution is 2.27. The Hall–Kier alpha value is -3.65. The average Bonchev–Trinajstić information content (AvgIpc) is 3.28. The fraction of sp³-hybridized carbons (Fsp3) is 0.393. The van der Waals surface area contributed by atoms with E-state index in [-0.39, 0.29) is 17.7 Å². The summed E-state index contributed by atoms with van der Waals surface area (Å²) >= 11 is 0. The Bertz CT molecular complexity index is 1100. The number of fused-ring (bicyclic) bond motifs is 7. The molecule has 0 aliphatic carbocycles. The Morgan fingerprint density at radius 1 is 1.08 bits per heavy atom. The van der Waals surface area contributed by atoms with Gasteiger partial charge in [-0.3, -0.25) is 14.4 Å². The molecule has 3 heterocycles. The zero-order valence-electron chi connectivity index (χ0n) is 20.9. The van der Waals surface area contributed by atoms with Gasteiger partial charge in [-0.1, -0.05) is 56.3 Å². The van der Waals surface area contributed by atoms with Crippen molar-refractivity contribution < 1.29 is 19.1 Å². The van der Waals surface area contributed by atoms with Crippen LogP contribution in [0.15, 0.2) is 60.8 Å². The van der Waals surface area contributed by atoms with E-state index < -0.39 is 30.1 Å². The molecule has 1 saturated heterocycles. The zero-order valence-corrected chi connectivity index (χ0v) is 20.9. The molecule has 8 nitrogen and oxygen atoms in total. The van der Waals surface area contributed by atoms with Gasteiger partial charge in [-0.2, -0.15) is 0 Å². The first-order chi connectivity index (χ1) is 17.4. The van der Waals surface area contributed by atoms with E-state index in [9.17, 15) is 14.4 Å². The number of nitrogens with one attached hydrogen (secondary N) is 3. The van der Waals surface area contributed by atoms with Crippen molar-refractivity contribution in [2.45, 2.75) is 50.9 Å². The van der Waals surface area contributed by atoms with Gasteiger partial charge in [0.2, 0.25) is 17.7 Å². The zero-order chi connectivity index (χ0) is 25.7. The second kappa shape index (κ2) is 11.4. The molecule has 2 aromatic rings. The molecule has 0 radical (unpaired) electrons. The molecule has 36 heavy (non-hydrogen) atoms. The molecule has 5 rings (SSSR count). The number of ether oxygens (including phenoxy) is 1. The molecule has 1 fully saturated rings. The summed E-state index contributed by atoms with van der Waals surface area (Å²) in [6.07, 6.45) is 3.65. The minimum absolute atomic E-state index is 0.0416. The van der Waals surface area contributed by atoms with E-state index >= 15 is 0 Å². The monoisotopic (exact) mass is 490 g/mol. The lowest BCUT2D eigenvalue weighted by Gasteiger charge is -2.32. The number of rotatable bonds is 5. The van der Waals surface area contributed by atoms with Crippen LogP contribution in [0.25, 0.3) is 6.08 Å². The van der Waals surface area contributed by atoms with E-state index in [2.05, 4.69) is 16.0 Å². The van der Waals surface area contributed by atoms with Crippen LogP contribution in [0, 0.1) is 5.92 Å². The summed E-state index contributed by atoms with van der Waals surface area (Å²) in [5, 5.41) is 8.80. The summed E-state index contributed by atoms with van der Waals surface area (Å²) in [6.45, 7) is 4.32. The molecule has 3 aliphatic heterocycles. The summed E-state index contributed by atoms with van der Waals surface area (Å²) in [5.74, 6) is -0.221. The van der Waals surface area contributed by atoms with Crippen LogP contribution in [0.2, 0.25) is 0 Å². The van der Waals surface area contributed by atoms with Crippen LogP contribution >= 0.6 is 0 Å². The lowest BCUT2D eigenvalue weighted by atomic mass is 10.0. The molecule has 4 atom stereocenters. The van der Waals surface area contributed by atoms with Gasteiger partial charge in [-0.15, -0.1) is 0 Å². The number of hydrogen-bond donors (Lipinski definition) is 3. The summed E-state index contributed by atoms with van der Waals surface area (Å²) in [5.41, 5.74) is 1.82. The first-order valence-corrected chi connectivity index (χ1v) is 12.4. The van der Waals surface area contributed by atoms with Crippen molar-refractivity contribution in [3.05, 3.63) is 71.9 Å². The van der Waals surface area contributed by atoms with Crippen molar-refractivity contribution in [3.8, 4) is 5.75 Å². The first-order valence-electron chi connectivity index (χ1n) is 12.4. The predicted octanol–water partition coefficient (Wildman–Crippen LogP) is 2.11. The Labute approximate surface area is 212 Å². The third-order valence-electron chi connectivity index (χ3n) is 6.72. The highest BCUT2D eigenvalue weighted by molar-refractivity contribution is 5.94. The summed E-state index contributed by atoms with van der Waals surface area (Å²) in [4.78, 5) is 42.0. The van der Waals surface area contributed by atoms with Crippen LogP contribution in [-0.4, -0.2) is 60.4 Å². The van der Waals surface area contributed by atoms with Gasteiger partial charge in [-0.05, 0) is 42.3 Å². The quantitative estimate of drug-likeness (QED) is 0.596. The van der Waals surface area contributed by atoms with Gasteiger partial charge in [-0.25, -0.2) is 0 Å². The average molecular weight is 491 g/mol. The summed E-state index contributed by atoms with van der Waals surface area (Å²) < 4.78 is 6.24. The van der Waals surface area contributed by atoms with Gasteiger partial charge in [0.25, 0.3) is 0 Å². The van der Waals surface area contributed by atoms with E-state index in [4.69, 9.17) is 4.74 Å². The molecule has 3 amide bonds. The van der Waals surface area contributed by atoms with Crippen LogP contribution in [0.5, 0.6) is 5.75 Å². The number of carbonyl (C=O) groups excluding carboxylic acids is 3. The SMILES string of the molecule is CN[C@H](C(=O)N1CC[C@@H]2Oc3ccc(cc3)C=CNC(=O)[C@@H](Cc3ccccc3)NC(=O)[C@H]21)C(C)C. The minimum atomic E-state index is -0.865. The van der Waals surface area contributed by atoms with Crippen LogP contribution in [0.4, 0.5) is 0 Å². The van der Waals surface area contributed by atoms with Crippen molar-refractivity contribution in [3.63, 3.8) is 0 Å². The number of likely N-dealkylation sites (N-methyl/N-ethyl adjacent to an activating group) is 1. The molecular formula is C28H34N4O4. The normalized spacial score (nSPS) is 22.9. The van der Waals surface area contributed by atoms with Gasteiger partial charge < -0.3 is 25.6 Å². The molecule has 0 spiro atoms. The van der Waals surface area contributed by atoms with Crippen molar-refractivity contribution in [1.29, 1.82) is 0 Å². The molecule has 3 aliphatic rings. The second-order valence-corrected chi connectivity index (χ2v) is 9.59. The molecule has 2 aromatic carbocycles. The van der Waals surface area contributed by atoms with Crippen LogP contribution in [0.3, 0.4) is 0 Å². The third kappa shape index (κ3) is 5.76. The van der Waals surface area contributed by atoms with E-state index in [0.29, 0.717) is 25.1 Å². The second-order valence-electron chi connectivity index (χ2n) is 9.59. The fourth-order valence-electron chi connectivity index (χ4n) is 4.83. The highest BCUT2D eigenvalue weighted by Gasteiger charge is 2.46. The number of amides is 3. The van der Waals surface area contributed by atoms with Crippen LogP contribution in [-0.2, 0) is 20.8 Å². The number of benzene rings is 2. The smallest absolute Gasteiger partial charge is 0.247 e. The molecule has 0 aromatic heterocycles. The number of likely N-dealkylation sites (tertiary alicyclic amines) is 1. The number of hydrogen-bond acceptors (Lipinski definition) is 5. The topological polar surface area (TPSA) is 99.8 Å². The van der Waals surface area contributed by atoms with Gasteiger partial charge in [0.05, 0.1) is 6.04 Å². The fourth-order valence-corrected chi connectivity index (χ4v) is 4.83. The molecular weight excluding hydrogens is 456 g/mol. The maximum atomic E-state index is 13.8. The largest absolute Gasteiger partial charge is 0.488 e. The van der Waals surface area contributed by atoms with Gasteiger partial charge in [0.1, 0.15) is 23.9 Å². The lowest BCUT2D eigenvalue weighted by Crippen LogP contribution is -2.59. The number of nitrogens with zero attached hydrogens (tertiary/aromatic N) is 1. The van der Waals surface area contributed by atoms with E-state index in [0.717, 1.165) is 11.1 Å². The van der Waals surface area contributed by atoms with Crippen LogP contribution < -0.4 is 20.7 Å². The molecule has 0 unspecified atom stereocenters. The molecule has 0 saturated carbocycles. The Morgan fingerprint density at radius 3 is 2.47 bits per heavy atom. The summed E-state index contributed by atoms with van der Waals surface area (Å²) in [7, 11) is 1.75. The van der Waals surface area contributed by atoms with Crippen molar-refractivity contribution in [2.75, 3.05) is 13.6 Å². The van der Waals surface area contributed by atoms with Crippen molar-refractivity contribution in [2.24, 2.45) is 5.92 Å². The van der Waals surface area contributed by atoms with Gasteiger partial charge >= 0.3 is 0 Å². The lowest BCUT2D eigenvalue weighted by molar-refractivity contribution is -0.143. The Kier molecular flexibility index (Phi) is 8.05. The van der Waals surface area contributed by atoms with Crippen molar-refractivity contribution >= 4 is 23.8 Å². The van der Waals surface area contributed by atoms with Gasteiger partial charge in [0, 0.05) is 25.6 Å². The van der Waals surface area contributed by atoms with E-state index in [1.54, 1.807) is 24.2 Å². The van der Waals surface area contributed by atoms with Crippen LogP contribution in [0.1, 0.15) is 31.4 Å². The number of carbonyl (C=O) groups is 3. The first kappa shape index (κ1) is 25.4. The Morgan fingerprint density at radius 2 is 1.81 bits per heavy atom. The van der Waals surface area contributed by atoms with E-state index in [1.165, 1.54) is 0 Å². The van der Waals surface area contributed by atoms with E-state index in [1.807, 2.05) is 68.4 Å². The summed E-state index contributed by atoms with van der Waals surface area (Å²) in [6, 6.07) is 14.8. The molecule has 2 bridgehead atoms. The predicted molar refractivity (Wildman–Crippen MR) is 138 cm³/mol. The van der Waals surface area contributed by atoms with Gasteiger partial charge in [0.15, 0.2) is 0 Å². The standard InChI is InChI=1S/C28H34N4O4/c1-18(2)24(29-3)28(35)32-16-14-23-25(32)27(34)31-22(17-20-7-5-4-6-8-20)26(33)30-15-13-19-9-11-21(36-23)12-10-19/h4-13,15,18,22-25,29H,14,16-17H2,1-3H3,(H,30,33)(H,31,34)/t22-,23+,24+,25+/m1/s1. The Balaban J connectivity index is 1.68. The molecule has 8 heteroatoms. The molecule has 190 valence electrons. The highest BCUT2D eigenvalue weighted by atomic mass is 16.5.